The van der Waals surface area contributed by atoms with E-state index in [9.17, 15) is 26.1 Å². The van der Waals surface area contributed by atoms with Crippen LogP contribution in [-0.4, -0.2) is 12.0 Å². The summed E-state index contributed by atoms with van der Waals surface area (Å²) < 4.78 is 71.5. The molecule has 1 nitrogen and oxygen atoms in total. The van der Waals surface area contributed by atoms with E-state index in [-0.39, 0.29) is 57.6 Å². The quantitative estimate of drug-likeness (QED) is 0.469. The number of alkyl halides is 3. The fourth-order valence-electron chi connectivity index (χ4n) is 0.767. The molecule has 1 heterocycles. The first-order chi connectivity index (χ1) is 6.21. The zero-order valence-corrected chi connectivity index (χ0v) is 10.6. The molecule has 15 heavy (non-hydrogen) atoms. The van der Waals surface area contributed by atoms with Gasteiger partial charge in [0.15, 0.2) is 0 Å². The van der Waals surface area contributed by atoms with Gasteiger partial charge in [-0.1, -0.05) is 11.5 Å². The molecule has 1 aromatic rings. The van der Waals surface area contributed by atoms with Crippen molar-refractivity contribution in [3.63, 3.8) is 0 Å². The number of hydrogen-bond donors (Lipinski definition) is 0. The maximum atomic E-state index is 12.0. The van der Waals surface area contributed by atoms with Gasteiger partial charge in [-0.05, 0) is 6.07 Å². The van der Waals surface area contributed by atoms with Crippen LogP contribution in [0.15, 0.2) is 18.3 Å². The van der Waals surface area contributed by atoms with Crippen molar-refractivity contribution >= 4 is 12.4 Å². The Morgan fingerprint density at radius 3 is 1.87 bits per heavy atom. The number of pyridine rings is 1. The van der Waals surface area contributed by atoms with Gasteiger partial charge in [0.25, 0.3) is 0 Å². The molecule has 0 amide bonds. The van der Waals surface area contributed by atoms with Gasteiger partial charge in [-0.15, -0.1) is 0 Å². The third-order valence-corrected chi connectivity index (χ3v) is 1.45. The van der Waals surface area contributed by atoms with Crippen LogP contribution in [0.5, 0.6) is 0 Å². The summed E-state index contributed by atoms with van der Waals surface area (Å²) in [5.74, 6) is 0. The molecule has 0 atom stereocenters. The van der Waals surface area contributed by atoms with Crippen LogP contribution in [0.3, 0.4) is 0 Å². The van der Waals surface area contributed by atoms with Gasteiger partial charge in [0, 0.05) is 6.20 Å². The van der Waals surface area contributed by atoms with Crippen LogP contribution in [0.2, 0.25) is 0 Å². The minimum absolute atomic E-state index is 0. The number of rotatable bonds is 1. The molecule has 0 unspecified atom stereocenters. The van der Waals surface area contributed by atoms with Gasteiger partial charge in [0.05, 0.1) is 0 Å². The molecule has 0 fully saturated rings. The maximum absolute atomic E-state index is 12.0. The van der Waals surface area contributed by atoms with Crippen LogP contribution in [0.1, 0.15) is 5.69 Å². The summed E-state index contributed by atoms with van der Waals surface area (Å²) in [6.07, 6.45) is -4.53. The van der Waals surface area contributed by atoms with Crippen molar-refractivity contribution in [2.45, 2.75) is 6.18 Å². The van der Waals surface area contributed by atoms with Crippen molar-refractivity contribution in [2.75, 3.05) is 0 Å². The molecule has 0 spiro atoms. The van der Waals surface area contributed by atoms with Crippen LogP contribution < -0.4 is 56.8 Å². The predicted octanol–water partition coefficient (Wildman–Crippen LogP) is -0.841. The van der Waals surface area contributed by atoms with Crippen LogP contribution >= 0.6 is 0 Å². The average molecular weight is 253 g/mol. The van der Waals surface area contributed by atoms with E-state index < -0.39 is 24.3 Å². The Kier molecular flexibility index (Phi) is 5.32. The molecule has 78 valence electrons. The Morgan fingerprint density at radius 2 is 1.60 bits per heavy atom. The van der Waals surface area contributed by atoms with Gasteiger partial charge in [-0.3, -0.25) is 4.98 Å². The summed E-state index contributed by atoms with van der Waals surface area (Å²) in [7, 11) is 0. The van der Waals surface area contributed by atoms with Crippen molar-refractivity contribution in [3.05, 3.63) is 24.0 Å². The van der Waals surface area contributed by atoms with Crippen molar-refractivity contribution in [3.8, 4) is 0 Å². The third kappa shape index (κ3) is 4.43. The summed E-state index contributed by atoms with van der Waals surface area (Å²) in [6.45, 7) is -5.29. The van der Waals surface area contributed by atoms with Crippen LogP contribution in [-0.2, 0) is 6.18 Å². The molecule has 1 rings (SSSR count). The van der Waals surface area contributed by atoms with E-state index in [0.717, 1.165) is 0 Å². The monoisotopic (exact) mass is 253 g/mol. The predicted molar refractivity (Wildman–Crippen MR) is 38.0 cm³/mol. The van der Waals surface area contributed by atoms with E-state index in [2.05, 4.69) is 4.98 Å². The molecule has 0 aliphatic heterocycles. The molecular weight excluding hydrogens is 250 g/mol. The molecule has 0 saturated heterocycles. The Balaban J connectivity index is 0.00000196. The Morgan fingerprint density at radius 1 is 1.07 bits per heavy atom. The number of aromatic nitrogens is 1. The zero-order chi connectivity index (χ0) is 11.0. The minimum atomic E-state index is -5.29. The molecule has 0 aliphatic rings. The zero-order valence-electron chi connectivity index (χ0n) is 7.52. The van der Waals surface area contributed by atoms with Crippen LogP contribution in [0.4, 0.5) is 26.1 Å². The van der Waals surface area contributed by atoms with Crippen molar-refractivity contribution in [1.82, 2.24) is 4.98 Å². The van der Waals surface area contributed by atoms with E-state index in [0.29, 0.717) is 12.1 Å². The average Bonchev–Trinajstić information content (AvgIpc) is 2.01. The van der Waals surface area contributed by atoms with Crippen LogP contribution in [0.25, 0.3) is 0 Å². The second kappa shape index (κ2) is 5.17. The van der Waals surface area contributed by atoms with Gasteiger partial charge in [0.2, 0.25) is 0 Å². The Hall–Kier alpha value is 0.431. The van der Waals surface area contributed by atoms with Crippen molar-refractivity contribution in [2.24, 2.45) is 0 Å². The van der Waals surface area contributed by atoms with E-state index in [1.165, 1.54) is 0 Å². The first-order valence-electron chi connectivity index (χ1n) is 3.44. The van der Waals surface area contributed by atoms with Crippen LogP contribution in [0, 0.1) is 0 Å². The first-order valence-corrected chi connectivity index (χ1v) is 3.44. The van der Waals surface area contributed by atoms with E-state index in [1.54, 1.807) is 0 Å². The molecule has 1 aromatic heterocycles. The van der Waals surface area contributed by atoms with Crippen molar-refractivity contribution < 1.29 is 77.5 Å². The molecule has 0 aliphatic carbocycles. The maximum Gasteiger partial charge on any atom is 1.00 e. The number of nitrogens with zero attached hydrogens (tertiary/aromatic N) is 1. The largest absolute Gasteiger partial charge is 1.00 e. The molecule has 0 saturated carbocycles. The number of halogens is 6. The molecular formula is C6H3BF6KN. The van der Waals surface area contributed by atoms with Gasteiger partial charge < -0.3 is 12.9 Å². The number of hydrogen-bond acceptors (Lipinski definition) is 1. The fourth-order valence-corrected chi connectivity index (χ4v) is 0.767. The van der Waals surface area contributed by atoms with E-state index >= 15 is 0 Å². The first kappa shape index (κ1) is 15.4. The Bertz CT molecular complexity index is 285. The normalized spacial score (nSPS) is 12.1. The summed E-state index contributed by atoms with van der Waals surface area (Å²) in [4.78, 5) is 2.69. The van der Waals surface area contributed by atoms with E-state index in [1.807, 2.05) is 0 Å². The molecule has 9 heteroatoms. The minimum Gasteiger partial charge on any atom is -0.445 e. The van der Waals surface area contributed by atoms with Gasteiger partial charge in [-0.25, -0.2) is 0 Å². The molecule has 0 bridgehead atoms. The summed E-state index contributed by atoms with van der Waals surface area (Å²) in [5.41, 5.74) is -2.47. The van der Waals surface area contributed by atoms with Crippen molar-refractivity contribution in [1.29, 1.82) is 0 Å². The van der Waals surface area contributed by atoms with Gasteiger partial charge in [0.1, 0.15) is 5.69 Å². The second-order valence-electron chi connectivity index (χ2n) is 2.55. The summed E-state index contributed by atoms with van der Waals surface area (Å²) in [6, 6.07) is 0.681. The summed E-state index contributed by atoms with van der Waals surface area (Å²) in [5, 5.41) is 0. The standard InChI is InChI=1S/C6H3BF6N.K/c8-6(9,10)5-2-1-4(3-14-5)7(11,12)13;/h1-3H;/q-1;+1. The summed E-state index contributed by atoms with van der Waals surface area (Å²) >= 11 is 0. The SMILES string of the molecule is F[B-](F)(F)c1ccc(C(F)(F)F)nc1.[K+]. The van der Waals surface area contributed by atoms with Gasteiger partial charge >= 0.3 is 64.5 Å². The smallest absolute Gasteiger partial charge is 0.445 e. The molecule has 0 aromatic carbocycles. The molecule has 0 N–H and O–H groups in total. The second-order valence-corrected chi connectivity index (χ2v) is 2.55. The Labute approximate surface area is 124 Å². The third-order valence-electron chi connectivity index (χ3n) is 1.45. The van der Waals surface area contributed by atoms with E-state index in [4.69, 9.17) is 0 Å². The topological polar surface area (TPSA) is 12.9 Å². The molecule has 0 radical (unpaired) electrons. The van der Waals surface area contributed by atoms with Gasteiger partial charge in [-0.2, -0.15) is 13.2 Å². The fraction of sp³-hybridized carbons (Fsp3) is 0.167.